The second-order valence-electron chi connectivity index (χ2n) is 2.64. The topological polar surface area (TPSA) is 117 Å². The van der Waals surface area contributed by atoms with Gasteiger partial charge >= 0.3 is 5.97 Å². The Labute approximate surface area is 83.7 Å². The number of nitro groups is 1. The Bertz CT molecular complexity index is 463. The van der Waals surface area contributed by atoms with Crippen LogP contribution in [0.5, 0.6) is 0 Å². The molecule has 0 unspecified atom stereocenters. The van der Waals surface area contributed by atoms with Gasteiger partial charge in [0, 0.05) is 6.07 Å². The Kier molecular flexibility index (Phi) is 2.93. The summed E-state index contributed by atoms with van der Waals surface area (Å²) in [5.74, 6) is -1.16. The number of aliphatic carboxylic acids is 1. The van der Waals surface area contributed by atoms with Crippen LogP contribution in [0.15, 0.2) is 12.1 Å². The summed E-state index contributed by atoms with van der Waals surface area (Å²) in [5.41, 5.74) is -0.508. The van der Waals surface area contributed by atoms with Crippen LogP contribution >= 0.6 is 0 Å². The zero-order valence-electron chi connectivity index (χ0n) is 7.38. The van der Waals surface area contributed by atoms with Crippen molar-refractivity contribution in [2.45, 2.75) is 6.42 Å². The summed E-state index contributed by atoms with van der Waals surface area (Å²) in [6.07, 6.45) is -0.448. The molecule has 0 fully saturated rings. The lowest BCUT2D eigenvalue weighted by molar-refractivity contribution is -0.385. The Morgan fingerprint density at radius 2 is 2.33 bits per heavy atom. The highest BCUT2D eigenvalue weighted by Gasteiger charge is 2.12. The maximum absolute atomic E-state index is 10.4. The van der Waals surface area contributed by atoms with E-state index in [1.165, 1.54) is 0 Å². The van der Waals surface area contributed by atoms with Crippen molar-refractivity contribution >= 4 is 11.7 Å². The molecule has 0 amide bonds. The number of hydrogen-bond acceptors (Lipinski definition) is 5. The molecule has 1 heterocycles. The van der Waals surface area contributed by atoms with E-state index in [0.29, 0.717) is 0 Å². The Hall–Kier alpha value is -2.49. The molecule has 1 rings (SSSR count). The van der Waals surface area contributed by atoms with Crippen molar-refractivity contribution in [3.05, 3.63) is 33.6 Å². The van der Waals surface area contributed by atoms with Crippen LogP contribution in [0.3, 0.4) is 0 Å². The molecule has 7 heteroatoms. The monoisotopic (exact) mass is 207 g/mol. The molecule has 0 saturated carbocycles. The largest absolute Gasteiger partial charge is 0.481 e. The highest BCUT2D eigenvalue weighted by molar-refractivity contribution is 5.69. The number of carboxylic acids is 1. The standard InChI is InChI=1S/C8H5N3O4/c9-4-6-2-7(11(14)15)1-5(10-6)3-8(12)13/h1-2H,3H2,(H,12,13). The highest BCUT2D eigenvalue weighted by atomic mass is 16.6. The van der Waals surface area contributed by atoms with Gasteiger partial charge in [-0.15, -0.1) is 0 Å². The third kappa shape index (κ3) is 2.73. The van der Waals surface area contributed by atoms with Crippen molar-refractivity contribution in [3.8, 4) is 6.07 Å². The zero-order chi connectivity index (χ0) is 11.4. The van der Waals surface area contributed by atoms with Gasteiger partial charge in [0.1, 0.15) is 11.8 Å². The summed E-state index contributed by atoms with van der Waals surface area (Å²) in [7, 11) is 0. The van der Waals surface area contributed by atoms with Crippen molar-refractivity contribution in [2.24, 2.45) is 0 Å². The minimum Gasteiger partial charge on any atom is -0.481 e. The molecule has 0 saturated heterocycles. The van der Waals surface area contributed by atoms with E-state index in [4.69, 9.17) is 10.4 Å². The van der Waals surface area contributed by atoms with Gasteiger partial charge in [-0.25, -0.2) is 4.98 Å². The first-order valence-electron chi connectivity index (χ1n) is 3.80. The van der Waals surface area contributed by atoms with E-state index in [1.807, 2.05) is 0 Å². The number of pyridine rings is 1. The number of carbonyl (C=O) groups is 1. The zero-order valence-corrected chi connectivity index (χ0v) is 7.38. The van der Waals surface area contributed by atoms with E-state index >= 15 is 0 Å². The third-order valence-electron chi connectivity index (χ3n) is 1.52. The number of nitrogens with zero attached hydrogens (tertiary/aromatic N) is 3. The van der Waals surface area contributed by atoms with Crippen LogP contribution in [0.1, 0.15) is 11.4 Å². The molecular formula is C8H5N3O4. The van der Waals surface area contributed by atoms with Gasteiger partial charge < -0.3 is 5.11 Å². The second-order valence-corrected chi connectivity index (χ2v) is 2.64. The van der Waals surface area contributed by atoms with E-state index in [2.05, 4.69) is 4.98 Å². The third-order valence-corrected chi connectivity index (χ3v) is 1.52. The van der Waals surface area contributed by atoms with E-state index in [-0.39, 0.29) is 17.1 Å². The number of carboxylic acid groups (broad SMARTS) is 1. The summed E-state index contributed by atoms with van der Waals surface area (Å²) < 4.78 is 0. The Morgan fingerprint density at radius 1 is 1.67 bits per heavy atom. The lowest BCUT2D eigenvalue weighted by atomic mass is 10.2. The lowest BCUT2D eigenvalue weighted by Gasteiger charge is -1.97. The van der Waals surface area contributed by atoms with Crippen LogP contribution < -0.4 is 0 Å². The fourth-order valence-corrected chi connectivity index (χ4v) is 0.980. The SMILES string of the molecule is N#Cc1cc([N+](=O)[O-])cc(CC(=O)O)n1. The molecule has 15 heavy (non-hydrogen) atoms. The Morgan fingerprint density at radius 3 is 2.80 bits per heavy atom. The average molecular weight is 207 g/mol. The van der Waals surface area contributed by atoms with Crippen molar-refractivity contribution in [1.82, 2.24) is 4.98 Å². The highest BCUT2D eigenvalue weighted by Crippen LogP contribution is 2.14. The minimum absolute atomic E-state index is 0.00625. The van der Waals surface area contributed by atoms with E-state index in [9.17, 15) is 14.9 Å². The van der Waals surface area contributed by atoms with Crippen LogP contribution in [0, 0.1) is 21.4 Å². The molecule has 0 aliphatic rings. The molecule has 0 atom stereocenters. The second kappa shape index (κ2) is 4.15. The normalized spacial score (nSPS) is 9.27. The molecule has 76 valence electrons. The summed E-state index contributed by atoms with van der Waals surface area (Å²) >= 11 is 0. The molecular weight excluding hydrogens is 202 g/mol. The molecule has 7 nitrogen and oxygen atoms in total. The first-order valence-corrected chi connectivity index (χ1v) is 3.80. The van der Waals surface area contributed by atoms with Crippen LogP contribution in [0.25, 0.3) is 0 Å². The van der Waals surface area contributed by atoms with E-state index < -0.39 is 17.3 Å². The van der Waals surface area contributed by atoms with Crippen molar-refractivity contribution in [2.75, 3.05) is 0 Å². The lowest BCUT2D eigenvalue weighted by Crippen LogP contribution is -2.04. The number of hydrogen-bond donors (Lipinski definition) is 1. The molecule has 0 spiro atoms. The predicted octanol–water partition coefficient (Wildman–Crippen LogP) is 0.489. The molecule has 0 bridgehead atoms. The number of rotatable bonds is 3. The maximum Gasteiger partial charge on any atom is 0.309 e. The van der Waals surface area contributed by atoms with Gasteiger partial charge in [-0.3, -0.25) is 14.9 Å². The maximum atomic E-state index is 10.4. The molecule has 1 aromatic heterocycles. The summed E-state index contributed by atoms with van der Waals surface area (Å²) in [6, 6.07) is 3.66. The van der Waals surface area contributed by atoms with Crippen molar-refractivity contribution in [1.29, 1.82) is 5.26 Å². The van der Waals surface area contributed by atoms with Gasteiger partial charge in [-0.2, -0.15) is 5.26 Å². The molecule has 1 aromatic rings. The smallest absolute Gasteiger partial charge is 0.309 e. The first-order chi connectivity index (χ1) is 7.02. The average Bonchev–Trinajstić information content (AvgIpc) is 2.16. The van der Waals surface area contributed by atoms with Gasteiger partial charge in [0.25, 0.3) is 5.69 Å². The first kappa shape index (κ1) is 10.6. The van der Waals surface area contributed by atoms with Gasteiger partial charge in [-0.1, -0.05) is 0 Å². The molecule has 0 radical (unpaired) electrons. The molecule has 0 aliphatic heterocycles. The summed E-state index contributed by atoms with van der Waals surface area (Å²) in [4.78, 5) is 23.7. The predicted molar refractivity (Wildman–Crippen MR) is 46.9 cm³/mol. The number of aromatic nitrogens is 1. The van der Waals surface area contributed by atoms with Crippen LogP contribution in [-0.2, 0) is 11.2 Å². The van der Waals surface area contributed by atoms with Gasteiger partial charge in [0.2, 0.25) is 0 Å². The quantitative estimate of drug-likeness (QED) is 0.569. The van der Waals surface area contributed by atoms with Crippen LogP contribution in [-0.4, -0.2) is 21.0 Å². The molecule has 1 N–H and O–H groups in total. The Balaban J connectivity index is 3.18. The summed E-state index contributed by atoms with van der Waals surface area (Å²) in [6.45, 7) is 0. The fourth-order valence-electron chi connectivity index (χ4n) is 0.980. The van der Waals surface area contributed by atoms with E-state index in [0.717, 1.165) is 12.1 Å². The minimum atomic E-state index is -1.16. The van der Waals surface area contributed by atoms with E-state index in [1.54, 1.807) is 6.07 Å². The fraction of sp³-hybridized carbons (Fsp3) is 0.125. The van der Waals surface area contributed by atoms with Crippen molar-refractivity contribution in [3.63, 3.8) is 0 Å². The van der Waals surface area contributed by atoms with Gasteiger partial charge in [0.15, 0.2) is 0 Å². The number of nitriles is 1. The van der Waals surface area contributed by atoms with Crippen LogP contribution in [0.2, 0.25) is 0 Å². The van der Waals surface area contributed by atoms with Gasteiger partial charge in [0.05, 0.1) is 23.1 Å². The van der Waals surface area contributed by atoms with Crippen LogP contribution in [0.4, 0.5) is 5.69 Å². The molecule has 0 aromatic carbocycles. The van der Waals surface area contributed by atoms with Gasteiger partial charge in [-0.05, 0) is 0 Å². The molecule has 0 aliphatic carbocycles. The summed E-state index contributed by atoms with van der Waals surface area (Å²) in [5, 5.41) is 27.4. The van der Waals surface area contributed by atoms with Crippen molar-refractivity contribution < 1.29 is 14.8 Å².